The van der Waals surface area contributed by atoms with Crippen LogP contribution in [0.4, 0.5) is 5.69 Å². The lowest BCUT2D eigenvalue weighted by molar-refractivity contribution is -0.386. The first-order valence-electron chi connectivity index (χ1n) is 7.47. The average Bonchev–Trinajstić information content (AvgIpc) is 3.23. The molecule has 1 aliphatic rings. The van der Waals surface area contributed by atoms with Crippen molar-refractivity contribution in [1.29, 1.82) is 0 Å². The largest absolute Gasteiger partial charge is 0.381 e. The zero-order valence-corrected chi connectivity index (χ0v) is 12.7. The summed E-state index contributed by atoms with van der Waals surface area (Å²) in [5.41, 5.74) is 2.17. The van der Waals surface area contributed by atoms with Crippen LogP contribution in [0, 0.1) is 29.9 Å². The fourth-order valence-corrected chi connectivity index (χ4v) is 2.26. The maximum absolute atomic E-state index is 11.0. The van der Waals surface area contributed by atoms with Crippen LogP contribution in [0.5, 0.6) is 0 Å². The lowest BCUT2D eigenvalue weighted by atomic mass is 10.1. The van der Waals surface area contributed by atoms with Crippen LogP contribution in [-0.2, 0) is 11.3 Å². The van der Waals surface area contributed by atoms with E-state index >= 15 is 0 Å². The summed E-state index contributed by atoms with van der Waals surface area (Å²) in [5.74, 6) is 0.804. The minimum atomic E-state index is -0.332. The molecule has 21 heavy (non-hydrogen) atoms. The summed E-state index contributed by atoms with van der Waals surface area (Å²) in [6.45, 7) is 6.51. The third kappa shape index (κ3) is 4.75. The van der Waals surface area contributed by atoms with Gasteiger partial charge in [0.2, 0.25) is 0 Å². The van der Waals surface area contributed by atoms with Gasteiger partial charge in [0.05, 0.1) is 10.6 Å². The van der Waals surface area contributed by atoms with Crippen molar-refractivity contribution in [1.82, 2.24) is 10.3 Å². The molecule has 2 rings (SSSR count). The Bertz CT molecular complexity index is 501. The number of pyridine rings is 1. The topological polar surface area (TPSA) is 77.3 Å². The van der Waals surface area contributed by atoms with Crippen molar-refractivity contribution < 1.29 is 9.66 Å². The van der Waals surface area contributed by atoms with E-state index in [2.05, 4.69) is 10.3 Å². The highest BCUT2D eigenvalue weighted by Crippen LogP contribution is 2.28. The predicted molar refractivity (Wildman–Crippen MR) is 80.2 cm³/mol. The van der Waals surface area contributed by atoms with Crippen LogP contribution in [0.3, 0.4) is 0 Å². The van der Waals surface area contributed by atoms with Gasteiger partial charge in [0, 0.05) is 37.1 Å². The SMILES string of the molecule is Cc1cnc(CNCCCOCC2CC2)c(C)c1[N+](=O)[O-]. The Kier molecular flexibility index (Phi) is 5.64. The van der Waals surface area contributed by atoms with Gasteiger partial charge >= 0.3 is 0 Å². The molecule has 6 nitrogen and oxygen atoms in total. The fraction of sp³-hybridized carbons (Fsp3) is 0.667. The molecule has 1 fully saturated rings. The number of nitrogens with zero attached hydrogens (tertiary/aromatic N) is 2. The number of nitrogens with one attached hydrogen (secondary N) is 1. The van der Waals surface area contributed by atoms with Gasteiger partial charge in [0.25, 0.3) is 5.69 Å². The summed E-state index contributed by atoms with van der Waals surface area (Å²) in [7, 11) is 0. The second-order valence-corrected chi connectivity index (χ2v) is 5.67. The first-order chi connectivity index (χ1) is 10.1. The van der Waals surface area contributed by atoms with E-state index in [1.54, 1.807) is 20.0 Å². The van der Waals surface area contributed by atoms with Crippen molar-refractivity contribution in [2.45, 2.75) is 39.7 Å². The minimum Gasteiger partial charge on any atom is -0.381 e. The monoisotopic (exact) mass is 293 g/mol. The third-order valence-electron chi connectivity index (χ3n) is 3.74. The molecule has 0 amide bonds. The molecule has 0 spiro atoms. The van der Waals surface area contributed by atoms with Gasteiger partial charge in [0.15, 0.2) is 0 Å². The summed E-state index contributed by atoms with van der Waals surface area (Å²) in [5, 5.41) is 14.3. The van der Waals surface area contributed by atoms with E-state index in [0.717, 1.165) is 37.8 Å². The van der Waals surface area contributed by atoms with Gasteiger partial charge < -0.3 is 10.1 Å². The molecule has 0 unspecified atom stereocenters. The molecule has 0 aliphatic heterocycles. The van der Waals surface area contributed by atoms with E-state index in [0.29, 0.717) is 17.7 Å². The van der Waals surface area contributed by atoms with Crippen LogP contribution < -0.4 is 5.32 Å². The minimum absolute atomic E-state index is 0.176. The number of aromatic nitrogens is 1. The van der Waals surface area contributed by atoms with Crippen LogP contribution in [0.1, 0.15) is 36.1 Å². The molecule has 116 valence electrons. The zero-order chi connectivity index (χ0) is 15.2. The van der Waals surface area contributed by atoms with Crippen molar-refractivity contribution in [3.8, 4) is 0 Å². The summed E-state index contributed by atoms with van der Waals surface area (Å²) in [6, 6.07) is 0. The van der Waals surface area contributed by atoms with Gasteiger partial charge in [-0.25, -0.2) is 0 Å². The van der Waals surface area contributed by atoms with E-state index in [9.17, 15) is 10.1 Å². The Morgan fingerprint density at radius 1 is 1.48 bits per heavy atom. The van der Waals surface area contributed by atoms with Crippen LogP contribution in [-0.4, -0.2) is 29.7 Å². The fourth-order valence-electron chi connectivity index (χ4n) is 2.26. The van der Waals surface area contributed by atoms with Gasteiger partial charge in [-0.05, 0) is 45.6 Å². The molecule has 1 heterocycles. The quantitative estimate of drug-likeness (QED) is 0.430. The molecular formula is C15H23N3O3. The second-order valence-electron chi connectivity index (χ2n) is 5.67. The van der Waals surface area contributed by atoms with Crippen molar-refractivity contribution in [2.24, 2.45) is 5.92 Å². The Hall–Kier alpha value is -1.53. The molecule has 1 aromatic rings. The lowest BCUT2D eigenvalue weighted by Crippen LogP contribution is -2.18. The van der Waals surface area contributed by atoms with Crippen LogP contribution in [0.2, 0.25) is 0 Å². The molecule has 1 aliphatic carbocycles. The van der Waals surface area contributed by atoms with Gasteiger partial charge in [0.1, 0.15) is 0 Å². The Morgan fingerprint density at radius 2 is 2.24 bits per heavy atom. The van der Waals surface area contributed by atoms with Gasteiger partial charge in [-0.15, -0.1) is 0 Å². The molecular weight excluding hydrogens is 270 g/mol. The second kappa shape index (κ2) is 7.47. The van der Waals surface area contributed by atoms with Crippen molar-refractivity contribution >= 4 is 5.69 Å². The maximum atomic E-state index is 11.0. The molecule has 0 bridgehead atoms. The van der Waals surface area contributed by atoms with Crippen LogP contribution >= 0.6 is 0 Å². The van der Waals surface area contributed by atoms with E-state index in [1.807, 2.05) is 0 Å². The number of hydrogen-bond acceptors (Lipinski definition) is 5. The zero-order valence-electron chi connectivity index (χ0n) is 12.7. The first kappa shape index (κ1) is 15.9. The van der Waals surface area contributed by atoms with E-state index in [-0.39, 0.29) is 10.6 Å². The van der Waals surface area contributed by atoms with E-state index in [1.165, 1.54) is 12.8 Å². The normalized spacial score (nSPS) is 14.4. The van der Waals surface area contributed by atoms with E-state index < -0.39 is 0 Å². The summed E-state index contributed by atoms with van der Waals surface area (Å²) in [4.78, 5) is 15.0. The summed E-state index contributed by atoms with van der Waals surface area (Å²) in [6.07, 6.45) is 5.14. The molecule has 0 aromatic carbocycles. The number of rotatable bonds is 9. The molecule has 6 heteroatoms. The standard InChI is InChI=1S/C15H23N3O3/c1-11-8-17-14(12(2)15(11)18(19)20)9-16-6-3-7-21-10-13-4-5-13/h8,13,16H,3-7,9-10H2,1-2H3. The number of ether oxygens (including phenoxy) is 1. The highest BCUT2D eigenvalue weighted by molar-refractivity contribution is 5.47. The van der Waals surface area contributed by atoms with Crippen molar-refractivity contribution in [2.75, 3.05) is 19.8 Å². The first-order valence-corrected chi connectivity index (χ1v) is 7.47. The lowest BCUT2D eigenvalue weighted by Gasteiger charge is -2.09. The number of nitro groups is 1. The Morgan fingerprint density at radius 3 is 2.90 bits per heavy atom. The summed E-state index contributed by atoms with van der Waals surface area (Å²) < 4.78 is 5.55. The maximum Gasteiger partial charge on any atom is 0.278 e. The van der Waals surface area contributed by atoms with Gasteiger partial charge in [-0.1, -0.05) is 0 Å². The molecule has 1 saturated carbocycles. The molecule has 1 aromatic heterocycles. The molecule has 0 atom stereocenters. The third-order valence-corrected chi connectivity index (χ3v) is 3.74. The highest BCUT2D eigenvalue weighted by Gasteiger charge is 2.21. The Labute approximate surface area is 125 Å². The number of aryl methyl sites for hydroxylation is 1. The average molecular weight is 293 g/mol. The van der Waals surface area contributed by atoms with Crippen molar-refractivity contribution in [3.63, 3.8) is 0 Å². The van der Waals surface area contributed by atoms with Crippen molar-refractivity contribution in [3.05, 3.63) is 33.1 Å². The summed E-state index contributed by atoms with van der Waals surface area (Å²) >= 11 is 0. The number of hydrogen-bond donors (Lipinski definition) is 1. The van der Waals surface area contributed by atoms with E-state index in [4.69, 9.17) is 4.74 Å². The molecule has 1 N–H and O–H groups in total. The highest BCUT2D eigenvalue weighted by atomic mass is 16.6. The van der Waals surface area contributed by atoms with Crippen LogP contribution in [0.15, 0.2) is 6.20 Å². The predicted octanol–water partition coefficient (Wildman–Crippen LogP) is 2.51. The van der Waals surface area contributed by atoms with Crippen LogP contribution in [0.25, 0.3) is 0 Å². The van der Waals surface area contributed by atoms with Gasteiger partial charge in [-0.3, -0.25) is 15.1 Å². The smallest absolute Gasteiger partial charge is 0.278 e. The molecule has 0 saturated heterocycles. The van der Waals surface area contributed by atoms with Gasteiger partial charge in [-0.2, -0.15) is 0 Å². The molecule has 0 radical (unpaired) electrons. The Balaban J connectivity index is 1.72.